The van der Waals surface area contributed by atoms with Gasteiger partial charge in [-0.25, -0.2) is 4.99 Å². The van der Waals surface area contributed by atoms with Crippen molar-refractivity contribution < 1.29 is 14.3 Å². The van der Waals surface area contributed by atoms with E-state index >= 15 is 0 Å². The molecule has 7 heteroatoms. The Balaban J connectivity index is 1.78. The average molecular weight is 466 g/mol. The summed E-state index contributed by atoms with van der Waals surface area (Å²) >= 11 is 1.39. The van der Waals surface area contributed by atoms with Crippen LogP contribution in [0.2, 0.25) is 0 Å². The van der Waals surface area contributed by atoms with Gasteiger partial charge in [0.2, 0.25) is 5.91 Å². The third-order valence-corrected chi connectivity index (χ3v) is 6.42. The van der Waals surface area contributed by atoms with Crippen molar-refractivity contribution in [3.8, 4) is 0 Å². The van der Waals surface area contributed by atoms with Gasteiger partial charge >= 0.3 is 5.97 Å². The third-order valence-electron chi connectivity index (χ3n) is 5.14. The third kappa shape index (κ3) is 6.96. The molecule has 0 saturated carbocycles. The smallest absolute Gasteiger partial charge is 0.311 e. The lowest BCUT2D eigenvalue weighted by atomic mass is 10.0. The summed E-state index contributed by atoms with van der Waals surface area (Å²) in [6.07, 6.45) is 2.57. The molecule has 0 aliphatic carbocycles. The molecule has 2 N–H and O–H groups in total. The fourth-order valence-electron chi connectivity index (χ4n) is 3.35. The Morgan fingerprint density at radius 2 is 1.82 bits per heavy atom. The van der Waals surface area contributed by atoms with Crippen LogP contribution in [0.3, 0.4) is 0 Å². The van der Waals surface area contributed by atoms with Crippen molar-refractivity contribution >= 4 is 45.7 Å². The number of nitrogens with zero attached hydrogens (tertiary/aromatic N) is 1. The normalized spacial score (nSPS) is 13.7. The number of rotatable bonds is 8. The van der Waals surface area contributed by atoms with Crippen molar-refractivity contribution in [1.29, 1.82) is 0 Å². The van der Waals surface area contributed by atoms with E-state index in [0.717, 1.165) is 17.1 Å². The molecule has 2 aromatic rings. The Hall–Kier alpha value is -3.06. The number of hydrogen-bond donors (Lipinski definition) is 2. The molecular formula is C26H31N3O3S. The van der Waals surface area contributed by atoms with Gasteiger partial charge < -0.3 is 15.4 Å². The van der Waals surface area contributed by atoms with Gasteiger partial charge in [0.15, 0.2) is 0 Å². The summed E-state index contributed by atoms with van der Waals surface area (Å²) in [4.78, 5) is 29.9. The van der Waals surface area contributed by atoms with Gasteiger partial charge in [-0.2, -0.15) is 0 Å². The molecule has 0 bridgehead atoms. The number of thioether (sulfide) groups is 1. The summed E-state index contributed by atoms with van der Waals surface area (Å²) in [5.41, 5.74) is 4.26. The maximum absolute atomic E-state index is 13.0. The Bertz CT molecular complexity index is 1050. The van der Waals surface area contributed by atoms with E-state index in [4.69, 9.17) is 9.73 Å². The van der Waals surface area contributed by atoms with Crippen molar-refractivity contribution in [2.75, 3.05) is 17.2 Å². The molecule has 3 rings (SSSR count). The quantitative estimate of drug-likeness (QED) is 0.450. The summed E-state index contributed by atoms with van der Waals surface area (Å²) in [6.45, 7) is 8.37. The molecule has 2 aromatic carbocycles. The molecule has 1 unspecified atom stereocenters. The first-order valence-electron chi connectivity index (χ1n) is 11.3. The highest BCUT2D eigenvalue weighted by atomic mass is 32.2. The molecule has 1 aliphatic heterocycles. The highest BCUT2D eigenvalue weighted by Gasteiger charge is 2.22. The van der Waals surface area contributed by atoms with Gasteiger partial charge in [-0.3, -0.25) is 9.59 Å². The number of para-hydroxylation sites is 2. The molecule has 0 radical (unpaired) electrons. The van der Waals surface area contributed by atoms with Gasteiger partial charge in [0.1, 0.15) is 0 Å². The molecule has 0 aromatic heterocycles. The van der Waals surface area contributed by atoms with E-state index in [-0.39, 0.29) is 23.5 Å². The van der Waals surface area contributed by atoms with Crippen LogP contribution in [-0.2, 0) is 14.3 Å². The first kappa shape index (κ1) is 24.6. The van der Waals surface area contributed by atoms with Crippen LogP contribution >= 0.6 is 11.8 Å². The number of amides is 1. The van der Waals surface area contributed by atoms with E-state index in [0.29, 0.717) is 29.7 Å². The molecule has 174 valence electrons. The van der Waals surface area contributed by atoms with E-state index in [9.17, 15) is 9.59 Å². The number of benzene rings is 2. The molecule has 33 heavy (non-hydrogen) atoms. The van der Waals surface area contributed by atoms with Gasteiger partial charge in [-0.05, 0) is 55.2 Å². The highest BCUT2D eigenvalue weighted by Crippen LogP contribution is 2.32. The lowest BCUT2D eigenvalue weighted by Crippen LogP contribution is -2.25. The van der Waals surface area contributed by atoms with Gasteiger partial charge in [0.25, 0.3) is 0 Å². The van der Waals surface area contributed by atoms with Gasteiger partial charge in [0.05, 0.1) is 34.7 Å². The van der Waals surface area contributed by atoms with Crippen molar-refractivity contribution in [2.45, 2.75) is 51.7 Å². The van der Waals surface area contributed by atoms with Gasteiger partial charge in [-0.1, -0.05) is 56.8 Å². The molecule has 0 fully saturated rings. The summed E-state index contributed by atoms with van der Waals surface area (Å²) in [5, 5.41) is 6.64. The van der Waals surface area contributed by atoms with Crippen LogP contribution in [0.5, 0.6) is 0 Å². The largest absolute Gasteiger partial charge is 0.466 e. The number of anilines is 2. The SMILES string of the molecule is CCOC(=O)CC1=CC(SC(CC)C(=O)Nc2ccc(C(C)C)cc2)=Nc2ccccc2N1. The minimum Gasteiger partial charge on any atom is -0.466 e. The van der Waals surface area contributed by atoms with E-state index in [2.05, 4.69) is 24.5 Å². The number of carbonyl (C=O) groups is 2. The number of nitrogens with one attached hydrogen (secondary N) is 2. The summed E-state index contributed by atoms with van der Waals surface area (Å²) in [5.74, 6) is 0.0527. The number of esters is 1. The second-order valence-electron chi connectivity index (χ2n) is 8.02. The van der Waals surface area contributed by atoms with Crippen molar-refractivity contribution in [2.24, 2.45) is 4.99 Å². The second kappa shape index (κ2) is 11.7. The number of fused-ring (bicyclic) bond motifs is 1. The Kier molecular flexibility index (Phi) is 8.72. The minimum absolute atomic E-state index is 0.0756. The number of ether oxygens (including phenoxy) is 1. The van der Waals surface area contributed by atoms with Crippen molar-refractivity contribution in [3.05, 3.63) is 65.9 Å². The fraction of sp³-hybridized carbons (Fsp3) is 0.346. The number of carbonyl (C=O) groups excluding carboxylic acids is 2. The fourth-order valence-corrected chi connectivity index (χ4v) is 4.34. The zero-order valence-electron chi connectivity index (χ0n) is 19.6. The Morgan fingerprint density at radius 1 is 1.09 bits per heavy atom. The zero-order valence-corrected chi connectivity index (χ0v) is 20.4. The van der Waals surface area contributed by atoms with Crippen LogP contribution in [0.4, 0.5) is 17.1 Å². The maximum Gasteiger partial charge on any atom is 0.311 e. The molecular weight excluding hydrogens is 434 g/mol. The predicted octanol–water partition coefficient (Wildman–Crippen LogP) is 6.25. The zero-order chi connectivity index (χ0) is 23.8. The van der Waals surface area contributed by atoms with Crippen LogP contribution in [0.25, 0.3) is 0 Å². The summed E-state index contributed by atoms with van der Waals surface area (Å²) < 4.78 is 5.11. The molecule has 1 atom stereocenters. The first-order chi connectivity index (χ1) is 15.9. The predicted molar refractivity (Wildman–Crippen MR) is 137 cm³/mol. The van der Waals surface area contributed by atoms with Crippen molar-refractivity contribution in [1.82, 2.24) is 0 Å². The van der Waals surface area contributed by atoms with Crippen LogP contribution in [0.15, 0.2) is 65.3 Å². The molecule has 0 spiro atoms. The van der Waals surface area contributed by atoms with E-state index in [1.54, 1.807) is 6.92 Å². The Morgan fingerprint density at radius 3 is 2.48 bits per heavy atom. The monoisotopic (exact) mass is 465 g/mol. The lowest BCUT2D eigenvalue weighted by Gasteiger charge is -2.15. The standard InChI is InChI=1S/C26H31N3O3S/c1-5-23(26(31)28-19-13-11-18(12-14-19)17(3)4)33-24-15-20(16-25(30)32-6-2)27-21-9-7-8-10-22(21)29-24/h7-15,17,23,27H,5-6,16H2,1-4H3,(H,28,31). The van der Waals surface area contributed by atoms with E-state index in [1.807, 2.05) is 61.5 Å². The topological polar surface area (TPSA) is 79.8 Å². The molecule has 1 amide bonds. The van der Waals surface area contributed by atoms with Crippen LogP contribution in [-0.4, -0.2) is 28.8 Å². The first-order valence-corrected chi connectivity index (χ1v) is 12.2. The molecule has 1 aliphatic rings. The second-order valence-corrected chi connectivity index (χ2v) is 9.25. The molecule has 6 nitrogen and oxygen atoms in total. The molecule has 0 saturated heterocycles. The summed E-state index contributed by atoms with van der Waals surface area (Å²) in [6, 6.07) is 15.6. The average Bonchev–Trinajstić information content (AvgIpc) is 2.96. The maximum atomic E-state index is 13.0. The van der Waals surface area contributed by atoms with Crippen LogP contribution in [0, 0.1) is 0 Å². The van der Waals surface area contributed by atoms with Crippen LogP contribution < -0.4 is 10.6 Å². The Labute approximate surface area is 199 Å². The van der Waals surface area contributed by atoms with Crippen LogP contribution in [0.1, 0.15) is 52.0 Å². The summed E-state index contributed by atoms with van der Waals surface area (Å²) in [7, 11) is 0. The number of aliphatic imine (C=N–C) groups is 1. The minimum atomic E-state index is -0.334. The van der Waals surface area contributed by atoms with E-state index < -0.39 is 0 Å². The van der Waals surface area contributed by atoms with Gasteiger partial charge in [0, 0.05) is 11.4 Å². The lowest BCUT2D eigenvalue weighted by molar-refractivity contribution is -0.142. The van der Waals surface area contributed by atoms with Gasteiger partial charge in [-0.15, -0.1) is 0 Å². The molecule has 1 heterocycles. The highest BCUT2D eigenvalue weighted by molar-refractivity contribution is 8.15. The van der Waals surface area contributed by atoms with Crippen molar-refractivity contribution in [3.63, 3.8) is 0 Å². The van der Waals surface area contributed by atoms with E-state index in [1.165, 1.54) is 17.3 Å². The number of hydrogen-bond acceptors (Lipinski definition) is 6.